The van der Waals surface area contributed by atoms with E-state index in [9.17, 15) is 0 Å². The van der Waals surface area contributed by atoms with E-state index in [4.69, 9.17) is 0 Å². The summed E-state index contributed by atoms with van der Waals surface area (Å²) < 4.78 is 0. The van der Waals surface area contributed by atoms with Gasteiger partial charge in [-0.2, -0.15) is 0 Å². The molecule has 3 rings (SSSR count). The molecule has 0 radical (unpaired) electrons. The molecule has 1 aromatic rings. The summed E-state index contributed by atoms with van der Waals surface area (Å²) in [5.74, 6) is 1.73. The van der Waals surface area contributed by atoms with Crippen molar-refractivity contribution in [2.45, 2.75) is 31.7 Å². The lowest BCUT2D eigenvalue weighted by Crippen LogP contribution is -2.34. The van der Waals surface area contributed by atoms with E-state index >= 15 is 0 Å². The van der Waals surface area contributed by atoms with Crippen LogP contribution in [0.25, 0.3) is 0 Å². The molecule has 1 fully saturated rings. The average Bonchev–Trinajstić information content (AvgIpc) is 2.78. The van der Waals surface area contributed by atoms with E-state index in [-0.39, 0.29) is 0 Å². The molecule has 0 unspecified atom stereocenters. The molecule has 1 heterocycles. The van der Waals surface area contributed by atoms with E-state index in [2.05, 4.69) is 35.5 Å². The lowest BCUT2D eigenvalue weighted by Gasteiger charge is -2.37. The largest absolute Gasteiger partial charge is 0.374 e. The third-order valence-electron chi connectivity index (χ3n) is 4.47. The molecule has 1 saturated carbocycles. The molecule has 1 N–H and O–H groups in total. The highest BCUT2D eigenvalue weighted by atomic mass is 15.1. The lowest BCUT2D eigenvalue weighted by molar-refractivity contribution is 0.464. The van der Waals surface area contributed by atoms with E-state index < -0.39 is 0 Å². The van der Waals surface area contributed by atoms with Crippen molar-refractivity contribution in [3.8, 4) is 0 Å². The van der Waals surface area contributed by atoms with Crippen LogP contribution >= 0.6 is 0 Å². The highest BCUT2D eigenvalue weighted by molar-refractivity contribution is 5.63. The molecular formula is C15H22N2. The number of anilines is 1. The summed E-state index contributed by atoms with van der Waals surface area (Å²) in [7, 11) is 4.28. The van der Waals surface area contributed by atoms with Crippen molar-refractivity contribution in [1.82, 2.24) is 5.32 Å². The predicted octanol–water partition coefficient (Wildman–Crippen LogP) is 2.74. The van der Waals surface area contributed by atoms with E-state index in [0.717, 1.165) is 18.4 Å². The number of nitrogens with zero attached hydrogens (tertiary/aromatic N) is 1. The Kier molecular flexibility index (Phi) is 2.83. The summed E-state index contributed by atoms with van der Waals surface area (Å²) in [5.41, 5.74) is 4.57. The average molecular weight is 230 g/mol. The second-order valence-electron chi connectivity index (χ2n) is 5.56. The predicted molar refractivity (Wildman–Crippen MR) is 72.6 cm³/mol. The van der Waals surface area contributed by atoms with Crippen LogP contribution < -0.4 is 10.2 Å². The first-order chi connectivity index (χ1) is 8.31. The molecular weight excluding hydrogens is 208 g/mol. The topological polar surface area (TPSA) is 15.3 Å². The monoisotopic (exact) mass is 230 g/mol. The van der Waals surface area contributed by atoms with E-state index in [1.165, 1.54) is 37.1 Å². The Morgan fingerprint density at radius 1 is 1.35 bits per heavy atom. The van der Waals surface area contributed by atoms with Crippen LogP contribution in [0.4, 0.5) is 5.69 Å². The Balaban J connectivity index is 2.06. The van der Waals surface area contributed by atoms with Crippen LogP contribution in [-0.4, -0.2) is 20.6 Å². The second kappa shape index (κ2) is 4.34. The highest BCUT2D eigenvalue weighted by Gasteiger charge is 2.36. The number of benzene rings is 1. The molecule has 2 heteroatoms. The van der Waals surface area contributed by atoms with Gasteiger partial charge in [-0.05, 0) is 42.9 Å². The zero-order valence-corrected chi connectivity index (χ0v) is 10.9. The third kappa shape index (κ3) is 1.75. The molecule has 0 amide bonds. The molecule has 1 aromatic carbocycles. The summed E-state index contributed by atoms with van der Waals surface area (Å²) >= 11 is 0. The molecule has 0 bridgehead atoms. The molecule has 0 aromatic heterocycles. The number of fused-ring (bicyclic) bond motifs is 3. The van der Waals surface area contributed by atoms with Gasteiger partial charge in [-0.3, -0.25) is 0 Å². The van der Waals surface area contributed by atoms with Crippen molar-refractivity contribution < 1.29 is 0 Å². The quantitative estimate of drug-likeness (QED) is 0.840. The van der Waals surface area contributed by atoms with Crippen LogP contribution in [0.2, 0.25) is 0 Å². The van der Waals surface area contributed by atoms with Gasteiger partial charge in [0, 0.05) is 25.8 Å². The van der Waals surface area contributed by atoms with Crippen molar-refractivity contribution in [2.75, 3.05) is 25.5 Å². The summed E-state index contributed by atoms with van der Waals surface area (Å²) in [6, 6.07) is 6.86. The van der Waals surface area contributed by atoms with Crippen molar-refractivity contribution in [2.24, 2.45) is 5.92 Å². The van der Waals surface area contributed by atoms with E-state index in [1.54, 1.807) is 5.56 Å². The van der Waals surface area contributed by atoms with Crippen molar-refractivity contribution >= 4 is 5.69 Å². The minimum atomic E-state index is 0.831. The molecule has 2 nitrogen and oxygen atoms in total. The molecule has 92 valence electrons. The van der Waals surface area contributed by atoms with Gasteiger partial charge in [-0.1, -0.05) is 24.6 Å². The summed E-state index contributed by atoms with van der Waals surface area (Å²) in [5, 5.41) is 3.29. The van der Waals surface area contributed by atoms with Gasteiger partial charge < -0.3 is 10.2 Å². The standard InChI is InChI=1S/C15H22N2/c1-16-9-11-5-3-8-14-13-7-4-6-12(13)10-17(2)15(11)14/h3,5,8,12-13,16H,4,6-7,9-10H2,1-2H3/t12-,13-/m0/s1. The van der Waals surface area contributed by atoms with Gasteiger partial charge in [0.15, 0.2) is 0 Å². The maximum absolute atomic E-state index is 3.29. The van der Waals surface area contributed by atoms with E-state index in [1.807, 2.05) is 7.05 Å². The number of hydrogen-bond acceptors (Lipinski definition) is 2. The minimum absolute atomic E-state index is 0.831. The van der Waals surface area contributed by atoms with Gasteiger partial charge in [-0.15, -0.1) is 0 Å². The second-order valence-corrected chi connectivity index (χ2v) is 5.56. The van der Waals surface area contributed by atoms with Crippen LogP contribution in [-0.2, 0) is 6.54 Å². The Labute approximate surface area is 104 Å². The SMILES string of the molecule is CNCc1cccc2c1N(C)C[C@@H]1CCC[C@H]21. The minimum Gasteiger partial charge on any atom is -0.374 e. The maximum Gasteiger partial charge on any atom is 0.0444 e. The molecule has 2 atom stereocenters. The van der Waals surface area contributed by atoms with Crippen molar-refractivity contribution in [1.29, 1.82) is 0 Å². The van der Waals surface area contributed by atoms with Gasteiger partial charge in [-0.25, -0.2) is 0 Å². The molecule has 17 heavy (non-hydrogen) atoms. The van der Waals surface area contributed by atoms with Crippen molar-refractivity contribution in [3.05, 3.63) is 29.3 Å². The molecule has 2 aliphatic rings. The van der Waals surface area contributed by atoms with Gasteiger partial charge >= 0.3 is 0 Å². The molecule has 1 aliphatic heterocycles. The maximum atomic E-state index is 3.29. The fourth-order valence-corrected chi connectivity index (χ4v) is 3.82. The van der Waals surface area contributed by atoms with Crippen LogP contribution in [0.1, 0.15) is 36.3 Å². The number of rotatable bonds is 2. The Hall–Kier alpha value is -1.02. The molecule has 0 spiro atoms. The van der Waals surface area contributed by atoms with Crippen LogP contribution in [0, 0.1) is 5.92 Å². The summed E-state index contributed by atoms with van der Waals surface area (Å²) in [6.45, 7) is 2.23. The van der Waals surface area contributed by atoms with Gasteiger partial charge in [0.2, 0.25) is 0 Å². The Bertz CT molecular complexity index is 413. The first-order valence-electron chi connectivity index (χ1n) is 6.78. The Morgan fingerprint density at radius 3 is 3.06 bits per heavy atom. The van der Waals surface area contributed by atoms with Crippen LogP contribution in [0.15, 0.2) is 18.2 Å². The number of para-hydroxylation sites is 1. The molecule has 1 aliphatic carbocycles. The van der Waals surface area contributed by atoms with Gasteiger partial charge in [0.1, 0.15) is 0 Å². The normalized spacial score (nSPS) is 26.8. The first kappa shape index (κ1) is 11.1. The van der Waals surface area contributed by atoms with Crippen LogP contribution in [0.5, 0.6) is 0 Å². The molecule has 0 saturated heterocycles. The summed E-state index contributed by atoms with van der Waals surface area (Å²) in [4.78, 5) is 2.48. The third-order valence-corrected chi connectivity index (χ3v) is 4.47. The van der Waals surface area contributed by atoms with Crippen LogP contribution in [0.3, 0.4) is 0 Å². The van der Waals surface area contributed by atoms with E-state index in [0.29, 0.717) is 0 Å². The summed E-state index contributed by atoms with van der Waals surface area (Å²) in [6.07, 6.45) is 4.23. The van der Waals surface area contributed by atoms with Crippen molar-refractivity contribution in [3.63, 3.8) is 0 Å². The fourth-order valence-electron chi connectivity index (χ4n) is 3.82. The van der Waals surface area contributed by atoms with Gasteiger partial charge in [0.25, 0.3) is 0 Å². The lowest BCUT2D eigenvalue weighted by atomic mass is 9.82. The zero-order valence-electron chi connectivity index (χ0n) is 10.9. The smallest absolute Gasteiger partial charge is 0.0444 e. The van der Waals surface area contributed by atoms with Gasteiger partial charge in [0.05, 0.1) is 0 Å². The Morgan fingerprint density at radius 2 is 2.24 bits per heavy atom. The first-order valence-corrected chi connectivity index (χ1v) is 6.78. The zero-order chi connectivity index (χ0) is 11.8. The number of hydrogen-bond donors (Lipinski definition) is 1. The number of nitrogens with one attached hydrogen (secondary N) is 1. The highest BCUT2D eigenvalue weighted by Crippen LogP contribution is 2.48. The fraction of sp³-hybridized carbons (Fsp3) is 0.600.